The molecule has 2 amide bonds. The summed E-state index contributed by atoms with van der Waals surface area (Å²) in [6.45, 7) is 15.2. The summed E-state index contributed by atoms with van der Waals surface area (Å²) in [6, 6.07) is 5.42. The van der Waals surface area contributed by atoms with Crippen molar-refractivity contribution < 1.29 is 33.6 Å². The van der Waals surface area contributed by atoms with Gasteiger partial charge in [-0.05, 0) is 57.2 Å². The van der Waals surface area contributed by atoms with Gasteiger partial charge in [0, 0.05) is 6.92 Å². The molecule has 0 aliphatic carbocycles. The predicted molar refractivity (Wildman–Crippen MR) is 137 cm³/mol. The van der Waals surface area contributed by atoms with Gasteiger partial charge < -0.3 is 29.4 Å². The molecule has 1 aliphatic rings. The maximum absolute atomic E-state index is 13.3. The van der Waals surface area contributed by atoms with E-state index in [9.17, 15) is 14.7 Å². The third-order valence-corrected chi connectivity index (χ3v) is 5.69. The lowest BCUT2D eigenvalue weighted by Crippen LogP contribution is -2.66. The Labute approximate surface area is 215 Å². The van der Waals surface area contributed by atoms with Crippen molar-refractivity contribution in [3.8, 4) is 5.75 Å². The number of nitrogens with zero attached hydrogens (tertiary/aromatic N) is 1. The minimum absolute atomic E-state index is 0.0216. The van der Waals surface area contributed by atoms with Crippen LogP contribution in [-0.4, -0.2) is 78.5 Å². The lowest BCUT2D eigenvalue weighted by molar-refractivity contribution is -0.233. The van der Waals surface area contributed by atoms with E-state index < -0.39 is 42.2 Å². The lowest BCUT2D eigenvalue weighted by Gasteiger charge is -2.47. The number of rotatable bonds is 8. The standard InChI is InChI=1S/C27H44N2O7/c1-17-24(35-16-26(3,4)5)34-15-22(29(17)25(32)36-27(6,7)8)23(31)21(28-18(2)30)14-19-11-10-12-20(13-19)33-9/h10-13,17,21-24,31H,14-16H2,1-9H3,(H,28,30)/t17-,21-,22+,23-,24-/m0/s1. The molecule has 204 valence electrons. The number of aliphatic hydroxyl groups excluding tert-OH is 1. The summed E-state index contributed by atoms with van der Waals surface area (Å²) >= 11 is 0. The molecule has 1 aromatic carbocycles. The van der Waals surface area contributed by atoms with Crippen LogP contribution in [0.3, 0.4) is 0 Å². The molecule has 0 unspecified atom stereocenters. The highest BCUT2D eigenvalue weighted by atomic mass is 16.7. The SMILES string of the molecule is COc1cccc(C[C@H](NC(C)=O)[C@H](O)[C@H]2CO[C@@H](OCC(C)(C)C)[C@H](C)N2C(=O)OC(C)(C)C)c1. The Morgan fingerprint density at radius 3 is 2.44 bits per heavy atom. The van der Waals surface area contributed by atoms with Crippen molar-refractivity contribution in [3.63, 3.8) is 0 Å². The molecule has 0 aromatic heterocycles. The zero-order valence-corrected chi connectivity index (χ0v) is 23.2. The van der Waals surface area contributed by atoms with Gasteiger partial charge in [-0.3, -0.25) is 9.69 Å². The van der Waals surface area contributed by atoms with E-state index in [-0.39, 0.29) is 17.9 Å². The topological polar surface area (TPSA) is 107 Å². The van der Waals surface area contributed by atoms with Crippen LogP contribution < -0.4 is 10.1 Å². The normalized spacial score (nSPS) is 22.5. The molecule has 2 N–H and O–H groups in total. The average molecular weight is 509 g/mol. The molecule has 9 nitrogen and oxygen atoms in total. The Morgan fingerprint density at radius 2 is 1.89 bits per heavy atom. The molecule has 9 heteroatoms. The number of benzene rings is 1. The summed E-state index contributed by atoms with van der Waals surface area (Å²) in [5, 5.41) is 14.4. The first-order chi connectivity index (χ1) is 16.6. The smallest absolute Gasteiger partial charge is 0.411 e. The van der Waals surface area contributed by atoms with E-state index in [0.29, 0.717) is 18.8 Å². The van der Waals surface area contributed by atoms with Crippen LogP contribution in [0.1, 0.15) is 61.0 Å². The highest BCUT2D eigenvalue weighted by Crippen LogP contribution is 2.28. The highest BCUT2D eigenvalue weighted by Gasteiger charge is 2.46. The first-order valence-electron chi connectivity index (χ1n) is 12.4. The quantitative estimate of drug-likeness (QED) is 0.553. The lowest BCUT2D eigenvalue weighted by atomic mass is 9.94. The van der Waals surface area contributed by atoms with E-state index in [1.807, 2.05) is 31.2 Å². The largest absolute Gasteiger partial charge is 0.497 e. The molecule has 1 aromatic rings. The van der Waals surface area contributed by atoms with E-state index >= 15 is 0 Å². The predicted octanol–water partition coefficient (Wildman–Crippen LogP) is 3.52. The van der Waals surface area contributed by atoms with E-state index in [2.05, 4.69) is 26.1 Å². The molecular weight excluding hydrogens is 464 g/mol. The van der Waals surface area contributed by atoms with E-state index in [4.69, 9.17) is 18.9 Å². The van der Waals surface area contributed by atoms with Crippen LogP contribution in [-0.2, 0) is 25.4 Å². The number of ether oxygens (including phenoxy) is 4. The molecule has 0 saturated carbocycles. The van der Waals surface area contributed by atoms with Gasteiger partial charge in [-0.15, -0.1) is 0 Å². The van der Waals surface area contributed by atoms with Crippen LogP contribution in [0, 0.1) is 5.41 Å². The van der Waals surface area contributed by atoms with Gasteiger partial charge in [-0.2, -0.15) is 0 Å². The van der Waals surface area contributed by atoms with Gasteiger partial charge in [0.2, 0.25) is 5.91 Å². The first-order valence-corrected chi connectivity index (χ1v) is 12.4. The van der Waals surface area contributed by atoms with Crippen molar-refractivity contribution >= 4 is 12.0 Å². The van der Waals surface area contributed by atoms with Crippen LogP contribution in [0.15, 0.2) is 24.3 Å². The monoisotopic (exact) mass is 508 g/mol. The fraction of sp³-hybridized carbons (Fsp3) is 0.704. The van der Waals surface area contributed by atoms with Gasteiger partial charge in [-0.1, -0.05) is 32.9 Å². The molecule has 0 radical (unpaired) electrons. The number of hydrogen-bond acceptors (Lipinski definition) is 7. The van der Waals surface area contributed by atoms with Crippen molar-refractivity contribution in [2.24, 2.45) is 5.41 Å². The van der Waals surface area contributed by atoms with Crippen molar-refractivity contribution in [1.29, 1.82) is 0 Å². The van der Waals surface area contributed by atoms with Gasteiger partial charge in [0.1, 0.15) is 11.4 Å². The van der Waals surface area contributed by atoms with Crippen LogP contribution in [0.5, 0.6) is 5.75 Å². The number of morpholine rings is 1. The summed E-state index contributed by atoms with van der Waals surface area (Å²) < 4.78 is 23.0. The van der Waals surface area contributed by atoms with Gasteiger partial charge in [0.05, 0.1) is 44.6 Å². The Hall–Kier alpha value is -2.36. The summed E-state index contributed by atoms with van der Waals surface area (Å²) in [4.78, 5) is 26.9. The number of carbonyl (C=O) groups excluding carboxylic acids is 2. The fourth-order valence-corrected chi connectivity index (χ4v) is 4.08. The van der Waals surface area contributed by atoms with Gasteiger partial charge >= 0.3 is 6.09 Å². The maximum atomic E-state index is 13.3. The second-order valence-corrected chi connectivity index (χ2v) is 11.6. The highest BCUT2D eigenvalue weighted by molar-refractivity contribution is 5.73. The van der Waals surface area contributed by atoms with Crippen molar-refractivity contribution in [2.45, 2.75) is 97.9 Å². The van der Waals surface area contributed by atoms with Crippen LogP contribution in [0.2, 0.25) is 0 Å². The zero-order chi connectivity index (χ0) is 27.3. The number of amides is 2. The molecule has 1 heterocycles. The van der Waals surface area contributed by atoms with Crippen LogP contribution in [0.25, 0.3) is 0 Å². The molecular formula is C27H44N2O7. The molecule has 0 bridgehead atoms. The average Bonchev–Trinajstić information content (AvgIpc) is 2.75. The molecule has 5 atom stereocenters. The number of carbonyl (C=O) groups is 2. The van der Waals surface area contributed by atoms with E-state index in [0.717, 1.165) is 5.56 Å². The number of methoxy groups -OCH3 is 1. The Balaban J connectivity index is 2.34. The Kier molecular flexibility index (Phi) is 10.2. The van der Waals surface area contributed by atoms with Crippen LogP contribution in [0.4, 0.5) is 4.79 Å². The van der Waals surface area contributed by atoms with Gasteiger partial charge in [0.25, 0.3) is 0 Å². The van der Waals surface area contributed by atoms with Gasteiger partial charge in [0.15, 0.2) is 6.29 Å². The van der Waals surface area contributed by atoms with Crippen molar-refractivity contribution in [1.82, 2.24) is 10.2 Å². The number of hydrogen-bond donors (Lipinski definition) is 2. The van der Waals surface area contributed by atoms with Crippen molar-refractivity contribution in [2.75, 3.05) is 20.3 Å². The van der Waals surface area contributed by atoms with Crippen LogP contribution >= 0.6 is 0 Å². The summed E-state index contributed by atoms with van der Waals surface area (Å²) in [7, 11) is 1.58. The number of aliphatic hydroxyl groups is 1. The number of nitrogens with one attached hydrogen (secondary N) is 1. The van der Waals surface area contributed by atoms with Gasteiger partial charge in [-0.25, -0.2) is 4.79 Å². The third-order valence-electron chi connectivity index (χ3n) is 5.69. The Bertz CT molecular complexity index is 878. The van der Waals surface area contributed by atoms with E-state index in [1.165, 1.54) is 11.8 Å². The summed E-state index contributed by atoms with van der Waals surface area (Å²) in [5.41, 5.74) is 0.0418. The molecule has 1 fully saturated rings. The second kappa shape index (κ2) is 12.3. The minimum atomic E-state index is -1.14. The van der Waals surface area contributed by atoms with E-state index in [1.54, 1.807) is 27.9 Å². The first kappa shape index (κ1) is 29.9. The minimum Gasteiger partial charge on any atom is -0.497 e. The molecule has 2 rings (SSSR count). The summed E-state index contributed by atoms with van der Waals surface area (Å²) in [5.74, 6) is 0.384. The molecule has 36 heavy (non-hydrogen) atoms. The maximum Gasteiger partial charge on any atom is 0.411 e. The zero-order valence-electron chi connectivity index (χ0n) is 23.2. The molecule has 0 spiro atoms. The molecule has 1 aliphatic heterocycles. The molecule has 1 saturated heterocycles. The van der Waals surface area contributed by atoms with Crippen molar-refractivity contribution in [3.05, 3.63) is 29.8 Å². The third kappa shape index (κ3) is 8.94. The second-order valence-electron chi connectivity index (χ2n) is 11.6. The summed E-state index contributed by atoms with van der Waals surface area (Å²) in [6.07, 6.45) is -2.07. The fourth-order valence-electron chi connectivity index (χ4n) is 4.08. The Morgan fingerprint density at radius 1 is 1.22 bits per heavy atom.